The van der Waals surface area contributed by atoms with Crippen molar-refractivity contribution in [3.63, 3.8) is 0 Å². The fourth-order valence-electron chi connectivity index (χ4n) is 5.75. The summed E-state index contributed by atoms with van der Waals surface area (Å²) in [5.74, 6) is 5.33. The zero-order valence-electron chi connectivity index (χ0n) is 24.1. The van der Waals surface area contributed by atoms with E-state index in [0.29, 0.717) is 50.3 Å². The van der Waals surface area contributed by atoms with Gasteiger partial charge in [-0.25, -0.2) is 4.98 Å². The van der Waals surface area contributed by atoms with Crippen molar-refractivity contribution < 1.29 is 27.4 Å². The van der Waals surface area contributed by atoms with E-state index in [0.717, 1.165) is 25.9 Å². The number of anilines is 2. The number of thioether (sulfide) groups is 1. The van der Waals surface area contributed by atoms with Gasteiger partial charge >= 0.3 is 5.51 Å². The zero-order chi connectivity index (χ0) is 30.7. The molecule has 0 spiro atoms. The van der Waals surface area contributed by atoms with Gasteiger partial charge in [0.2, 0.25) is 0 Å². The standard InChI is InChI=1S/C29H35F3N8O3S/c30-29(31,32)44-28-24-3-1-9-34-27(41)21-18-39(37-25(21)33)12-14-43-16-15-42-13-8-19-17-38(20-5-6-20)11-7-22(19)35-23-4-2-10-40(28)26(23)36-24/h2,4,10,18-20,22,35H,5-9,11-17H2,(H2,33,37)(H,34,41)/t19-,22-/m0/s1. The van der Waals surface area contributed by atoms with Gasteiger partial charge in [-0.3, -0.25) is 18.8 Å². The SMILES string of the molecule is Nc1nn2cc1C(=O)NCC#Cc1nc3c(cccn3c1SC(F)(F)F)N[C@H]1CCN(C3CC3)C[C@@H]1CCOCCOCC2. The maximum atomic E-state index is 13.6. The largest absolute Gasteiger partial charge is 0.447 e. The van der Waals surface area contributed by atoms with Crippen LogP contribution in [0.2, 0.25) is 0 Å². The minimum atomic E-state index is -4.55. The number of pyridine rings is 1. The maximum absolute atomic E-state index is 13.6. The number of hydrogen-bond acceptors (Lipinski definition) is 9. The lowest BCUT2D eigenvalue weighted by Gasteiger charge is -2.39. The molecule has 2 aliphatic heterocycles. The normalized spacial score (nSPS) is 22.9. The lowest BCUT2D eigenvalue weighted by molar-refractivity contribution is -0.0330. The van der Waals surface area contributed by atoms with Crippen LogP contribution in [0.4, 0.5) is 24.7 Å². The van der Waals surface area contributed by atoms with E-state index in [1.54, 1.807) is 12.3 Å². The summed E-state index contributed by atoms with van der Waals surface area (Å²) < 4.78 is 55.5. The highest BCUT2D eigenvalue weighted by molar-refractivity contribution is 8.00. The molecule has 4 bridgehead atoms. The van der Waals surface area contributed by atoms with Crippen molar-refractivity contribution in [3.05, 3.63) is 35.8 Å². The molecule has 0 unspecified atom stereocenters. The molecule has 11 nitrogen and oxygen atoms in total. The number of nitrogens with two attached hydrogens (primary N) is 1. The third-order valence-electron chi connectivity index (χ3n) is 8.04. The minimum absolute atomic E-state index is 0.0185. The van der Waals surface area contributed by atoms with Crippen LogP contribution in [0.3, 0.4) is 0 Å². The lowest BCUT2D eigenvalue weighted by atomic mass is 9.89. The van der Waals surface area contributed by atoms with Crippen LogP contribution in [-0.2, 0) is 16.0 Å². The first-order valence-electron chi connectivity index (χ1n) is 14.8. The third kappa shape index (κ3) is 7.43. The van der Waals surface area contributed by atoms with Crippen molar-refractivity contribution in [3.8, 4) is 11.8 Å². The summed E-state index contributed by atoms with van der Waals surface area (Å²) in [7, 11) is 0. The number of fused-ring (bicyclic) bond motifs is 4. The van der Waals surface area contributed by atoms with Gasteiger partial charge in [-0.15, -0.1) is 0 Å². The summed E-state index contributed by atoms with van der Waals surface area (Å²) in [6.07, 6.45) is 7.27. The van der Waals surface area contributed by atoms with Crippen LogP contribution >= 0.6 is 11.8 Å². The van der Waals surface area contributed by atoms with Crippen molar-refractivity contribution >= 4 is 34.8 Å². The number of halogens is 3. The summed E-state index contributed by atoms with van der Waals surface area (Å²) in [5, 5.41) is 10.3. The van der Waals surface area contributed by atoms with Gasteiger partial charge in [0.25, 0.3) is 5.91 Å². The summed E-state index contributed by atoms with van der Waals surface area (Å²) >= 11 is -0.259. The number of nitrogens with one attached hydrogen (secondary N) is 2. The van der Waals surface area contributed by atoms with E-state index in [-0.39, 0.29) is 52.4 Å². The quantitative estimate of drug-likeness (QED) is 0.289. The number of ether oxygens (including phenoxy) is 2. The van der Waals surface area contributed by atoms with Crippen molar-refractivity contribution in [2.45, 2.75) is 54.8 Å². The molecule has 0 aromatic carbocycles. The molecule has 3 aliphatic rings. The Labute approximate surface area is 257 Å². The van der Waals surface area contributed by atoms with Crippen LogP contribution in [0.25, 0.3) is 5.65 Å². The Morgan fingerprint density at radius 3 is 2.70 bits per heavy atom. The highest BCUT2D eigenvalue weighted by atomic mass is 32.2. The molecule has 1 saturated heterocycles. The van der Waals surface area contributed by atoms with Gasteiger partial charge < -0.3 is 25.8 Å². The second-order valence-electron chi connectivity index (χ2n) is 11.1. The number of aromatic nitrogens is 4. The molecule has 5 heterocycles. The molecule has 3 aromatic rings. The molecule has 2 atom stereocenters. The summed E-state index contributed by atoms with van der Waals surface area (Å²) in [5.41, 5.74) is 2.55. The number of amides is 1. The topological polar surface area (TPSA) is 124 Å². The van der Waals surface area contributed by atoms with E-state index in [2.05, 4.69) is 37.5 Å². The predicted octanol–water partition coefficient (Wildman–Crippen LogP) is 3.21. The number of alkyl halides is 3. The number of carbonyl (C=O) groups excluding carboxylic acids is 1. The van der Waals surface area contributed by atoms with Crippen LogP contribution in [0.5, 0.6) is 0 Å². The molecular formula is C29H35F3N8O3S. The Hall–Kier alpha value is -3.45. The average molecular weight is 633 g/mol. The Bertz CT molecular complexity index is 1540. The third-order valence-corrected chi connectivity index (χ3v) is 8.85. The predicted molar refractivity (Wildman–Crippen MR) is 159 cm³/mol. The van der Waals surface area contributed by atoms with E-state index in [9.17, 15) is 18.0 Å². The molecule has 44 heavy (non-hydrogen) atoms. The average Bonchev–Trinajstić information content (AvgIpc) is 3.69. The van der Waals surface area contributed by atoms with Gasteiger partial charge in [-0.05, 0) is 49.7 Å². The number of likely N-dealkylation sites (tertiary alicyclic amines) is 1. The van der Waals surface area contributed by atoms with E-state index in [1.807, 2.05) is 6.07 Å². The van der Waals surface area contributed by atoms with Crippen LogP contribution in [0, 0.1) is 17.8 Å². The Kier molecular flexibility index (Phi) is 9.22. The van der Waals surface area contributed by atoms with Gasteiger partial charge in [-0.2, -0.15) is 18.3 Å². The van der Waals surface area contributed by atoms with Gasteiger partial charge in [-0.1, -0.05) is 5.92 Å². The van der Waals surface area contributed by atoms with E-state index < -0.39 is 11.4 Å². The van der Waals surface area contributed by atoms with Gasteiger partial charge in [0.1, 0.15) is 16.3 Å². The molecule has 0 radical (unpaired) electrons. The van der Waals surface area contributed by atoms with Crippen LogP contribution in [0.1, 0.15) is 41.7 Å². The fraction of sp³-hybridized carbons (Fsp3) is 0.552. The van der Waals surface area contributed by atoms with Crippen LogP contribution in [0.15, 0.2) is 29.6 Å². The number of rotatable bonds is 2. The first kappa shape index (κ1) is 30.6. The van der Waals surface area contributed by atoms with E-state index in [1.165, 1.54) is 28.1 Å². The molecular weight excluding hydrogens is 597 g/mol. The van der Waals surface area contributed by atoms with E-state index in [4.69, 9.17) is 15.2 Å². The molecule has 236 valence electrons. The summed E-state index contributed by atoms with van der Waals surface area (Å²) in [6, 6.07) is 4.30. The molecule has 1 amide bonds. The number of piperidine rings is 1. The van der Waals surface area contributed by atoms with E-state index >= 15 is 0 Å². The monoisotopic (exact) mass is 632 g/mol. The maximum Gasteiger partial charge on any atom is 0.447 e. The summed E-state index contributed by atoms with van der Waals surface area (Å²) in [4.78, 5) is 19.8. The number of carbonyl (C=O) groups is 1. The number of imidazole rings is 1. The molecule has 3 aromatic heterocycles. The molecule has 4 N–H and O–H groups in total. The number of nitrogen functional groups attached to an aromatic ring is 1. The van der Waals surface area contributed by atoms with Gasteiger partial charge in [0, 0.05) is 55.9 Å². The fourth-order valence-corrected chi connectivity index (χ4v) is 6.41. The zero-order valence-corrected chi connectivity index (χ0v) is 24.9. The van der Waals surface area contributed by atoms with Crippen LogP contribution < -0.4 is 16.4 Å². The molecule has 15 heteroatoms. The number of nitrogens with zero attached hydrogens (tertiary/aromatic N) is 5. The first-order valence-corrected chi connectivity index (χ1v) is 15.6. The lowest BCUT2D eigenvalue weighted by Crippen LogP contribution is -2.47. The molecule has 6 rings (SSSR count). The van der Waals surface area contributed by atoms with Gasteiger partial charge in [0.15, 0.2) is 11.5 Å². The molecule has 1 aliphatic carbocycles. The molecule has 1 saturated carbocycles. The number of hydrogen-bond donors (Lipinski definition) is 3. The minimum Gasteiger partial charge on any atom is -0.382 e. The Morgan fingerprint density at radius 2 is 1.91 bits per heavy atom. The highest BCUT2D eigenvalue weighted by Gasteiger charge is 2.37. The van der Waals surface area contributed by atoms with Crippen molar-refractivity contribution in [2.24, 2.45) is 5.92 Å². The van der Waals surface area contributed by atoms with Crippen molar-refractivity contribution in [2.75, 3.05) is 57.1 Å². The smallest absolute Gasteiger partial charge is 0.382 e. The Balaban J connectivity index is 1.29. The summed E-state index contributed by atoms with van der Waals surface area (Å²) in [6.45, 7) is 3.99. The van der Waals surface area contributed by atoms with Crippen molar-refractivity contribution in [1.82, 2.24) is 29.4 Å². The van der Waals surface area contributed by atoms with Crippen LogP contribution in [-0.4, -0.2) is 93.6 Å². The van der Waals surface area contributed by atoms with Crippen molar-refractivity contribution in [1.29, 1.82) is 0 Å². The second-order valence-corrected chi connectivity index (χ2v) is 12.2. The van der Waals surface area contributed by atoms with Gasteiger partial charge in [0.05, 0.1) is 38.6 Å². The highest BCUT2D eigenvalue weighted by Crippen LogP contribution is 2.40. The molecule has 2 fully saturated rings. The first-order chi connectivity index (χ1) is 21.2. The Morgan fingerprint density at radius 1 is 1.09 bits per heavy atom. The second kappa shape index (κ2) is 13.3.